The van der Waals surface area contributed by atoms with Crippen LogP contribution in [0.3, 0.4) is 0 Å². The number of halogens is 1. The standard InChI is InChI=1S/C17H20FN3O3/c18-13-4-2-1-3-12(13)11-16(23)20-7-9-21(10-8-20)17(24)14-5-6-15(22)19-14/h1-4,14H,5-11H2,(H,19,22). The maximum atomic E-state index is 13.6. The molecule has 0 spiro atoms. The van der Waals surface area contributed by atoms with E-state index >= 15 is 0 Å². The minimum atomic E-state index is -0.432. The zero-order valence-corrected chi connectivity index (χ0v) is 13.3. The van der Waals surface area contributed by atoms with Crippen molar-refractivity contribution in [3.05, 3.63) is 35.6 Å². The summed E-state index contributed by atoms with van der Waals surface area (Å²) in [6.07, 6.45) is 0.945. The summed E-state index contributed by atoms with van der Waals surface area (Å²) in [5.74, 6) is -0.688. The van der Waals surface area contributed by atoms with Gasteiger partial charge >= 0.3 is 0 Å². The molecule has 0 radical (unpaired) electrons. The van der Waals surface area contributed by atoms with E-state index in [0.29, 0.717) is 44.6 Å². The second-order valence-corrected chi connectivity index (χ2v) is 6.13. The first-order valence-corrected chi connectivity index (χ1v) is 8.14. The normalized spacial score (nSPS) is 20.9. The molecule has 0 aromatic heterocycles. The predicted octanol–water partition coefficient (Wildman–Crippen LogP) is 0.318. The molecule has 7 heteroatoms. The monoisotopic (exact) mass is 333 g/mol. The van der Waals surface area contributed by atoms with Crippen molar-refractivity contribution >= 4 is 17.7 Å². The van der Waals surface area contributed by atoms with Crippen LogP contribution in [0.1, 0.15) is 18.4 Å². The van der Waals surface area contributed by atoms with Crippen molar-refractivity contribution in [2.24, 2.45) is 0 Å². The average Bonchev–Trinajstić information content (AvgIpc) is 3.03. The summed E-state index contributed by atoms with van der Waals surface area (Å²) in [5.41, 5.74) is 0.384. The molecule has 2 heterocycles. The summed E-state index contributed by atoms with van der Waals surface area (Å²) in [4.78, 5) is 39.2. The maximum absolute atomic E-state index is 13.6. The van der Waals surface area contributed by atoms with Gasteiger partial charge in [0.05, 0.1) is 6.42 Å². The Balaban J connectivity index is 1.51. The minimum absolute atomic E-state index is 0.0271. The molecule has 1 atom stereocenters. The molecule has 2 aliphatic rings. The van der Waals surface area contributed by atoms with Crippen molar-refractivity contribution in [1.82, 2.24) is 15.1 Å². The average molecular weight is 333 g/mol. The highest BCUT2D eigenvalue weighted by Crippen LogP contribution is 2.14. The maximum Gasteiger partial charge on any atom is 0.245 e. The van der Waals surface area contributed by atoms with Crippen LogP contribution in [0.25, 0.3) is 0 Å². The van der Waals surface area contributed by atoms with Gasteiger partial charge in [0.25, 0.3) is 0 Å². The van der Waals surface area contributed by atoms with Crippen molar-refractivity contribution < 1.29 is 18.8 Å². The number of nitrogens with one attached hydrogen (secondary N) is 1. The summed E-state index contributed by atoms with van der Waals surface area (Å²) in [5, 5.41) is 2.67. The fourth-order valence-corrected chi connectivity index (χ4v) is 3.11. The molecule has 2 fully saturated rings. The van der Waals surface area contributed by atoms with Gasteiger partial charge in [-0.05, 0) is 18.1 Å². The van der Waals surface area contributed by atoms with Gasteiger partial charge < -0.3 is 15.1 Å². The number of hydrogen-bond acceptors (Lipinski definition) is 3. The van der Waals surface area contributed by atoms with Crippen LogP contribution in [0.2, 0.25) is 0 Å². The summed E-state index contributed by atoms with van der Waals surface area (Å²) in [7, 11) is 0. The molecule has 1 aromatic rings. The van der Waals surface area contributed by atoms with Gasteiger partial charge in [-0.25, -0.2) is 4.39 Å². The fraction of sp³-hybridized carbons (Fsp3) is 0.471. The van der Waals surface area contributed by atoms with Crippen LogP contribution in [-0.4, -0.2) is 59.7 Å². The zero-order valence-electron chi connectivity index (χ0n) is 13.3. The Morgan fingerprint density at radius 3 is 2.42 bits per heavy atom. The van der Waals surface area contributed by atoms with Gasteiger partial charge in [-0.2, -0.15) is 0 Å². The molecule has 1 aromatic carbocycles. The van der Waals surface area contributed by atoms with Crippen LogP contribution in [0.15, 0.2) is 24.3 Å². The van der Waals surface area contributed by atoms with E-state index in [1.54, 1.807) is 28.0 Å². The van der Waals surface area contributed by atoms with Crippen LogP contribution in [0, 0.1) is 5.82 Å². The van der Waals surface area contributed by atoms with E-state index in [9.17, 15) is 18.8 Å². The van der Waals surface area contributed by atoms with Gasteiger partial charge in [0.2, 0.25) is 17.7 Å². The second-order valence-electron chi connectivity index (χ2n) is 6.13. The first kappa shape index (κ1) is 16.4. The number of carbonyl (C=O) groups excluding carboxylic acids is 3. The molecular formula is C17H20FN3O3. The minimum Gasteiger partial charge on any atom is -0.344 e. The van der Waals surface area contributed by atoms with Crippen molar-refractivity contribution in [3.63, 3.8) is 0 Å². The van der Waals surface area contributed by atoms with E-state index in [1.807, 2.05) is 0 Å². The van der Waals surface area contributed by atoms with Gasteiger partial charge in [-0.15, -0.1) is 0 Å². The number of hydrogen-bond donors (Lipinski definition) is 1. The Bertz CT molecular complexity index is 656. The van der Waals surface area contributed by atoms with Crippen LogP contribution in [0.4, 0.5) is 4.39 Å². The molecule has 3 rings (SSSR count). The van der Waals surface area contributed by atoms with Crippen molar-refractivity contribution in [2.75, 3.05) is 26.2 Å². The van der Waals surface area contributed by atoms with E-state index < -0.39 is 6.04 Å². The molecule has 24 heavy (non-hydrogen) atoms. The van der Waals surface area contributed by atoms with Crippen molar-refractivity contribution in [2.45, 2.75) is 25.3 Å². The first-order chi connectivity index (χ1) is 11.5. The van der Waals surface area contributed by atoms with Gasteiger partial charge in [0.15, 0.2) is 0 Å². The lowest BCUT2D eigenvalue weighted by atomic mass is 10.1. The Morgan fingerprint density at radius 1 is 1.12 bits per heavy atom. The molecule has 128 valence electrons. The fourth-order valence-electron chi connectivity index (χ4n) is 3.11. The van der Waals surface area contributed by atoms with E-state index in [4.69, 9.17) is 0 Å². The number of benzene rings is 1. The third-order valence-corrected chi connectivity index (χ3v) is 4.54. The van der Waals surface area contributed by atoms with Gasteiger partial charge in [0, 0.05) is 32.6 Å². The highest BCUT2D eigenvalue weighted by atomic mass is 19.1. The molecule has 1 N–H and O–H groups in total. The van der Waals surface area contributed by atoms with E-state index in [2.05, 4.69) is 5.32 Å². The summed E-state index contributed by atoms with van der Waals surface area (Å²) in [6.45, 7) is 1.74. The Labute approximate surface area is 139 Å². The third kappa shape index (κ3) is 3.55. The molecular weight excluding hydrogens is 313 g/mol. The van der Waals surface area contributed by atoms with Gasteiger partial charge in [0.1, 0.15) is 11.9 Å². The SMILES string of the molecule is O=C1CCC(C(=O)N2CCN(C(=O)Cc3ccccc3F)CC2)N1. The molecule has 2 aliphatic heterocycles. The van der Waals surface area contributed by atoms with Gasteiger partial charge in [-0.1, -0.05) is 18.2 Å². The highest BCUT2D eigenvalue weighted by Gasteiger charge is 2.33. The largest absolute Gasteiger partial charge is 0.344 e. The quantitative estimate of drug-likeness (QED) is 0.866. The molecule has 0 aliphatic carbocycles. The molecule has 0 bridgehead atoms. The van der Waals surface area contributed by atoms with E-state index in [-0.39, 0.29) is 30.0 Å². The number of nitrogens with zero attached hydrogens (tertiary/aromatic N) is 2. The van der Waals surface area contributed by atoms with Crippen LogP contribution < -0.4 is 5.32 Å². The van der Waals surface area contributed by atoms with Gasteiger partial charge in [-0.3, -0.25) is 14.4 Å². The summed E-state index contributed by atoms with van der Waals surface area (Å²) >= 11 is 0. The molecule has 0 saturated carbocycles. The lowest BCUT2D eigenvalue weighted by molar-refractivity contribution is -0.140. The number of rotatable bonds is 3. The molecule has 2 saturated heterocycles. The van der Waals surface area contributed by atoms with E-state index in [1.165, 1.54) is 6.07 Å². The van der Waals surface area contributed by atoms with Crippen molar-refractivity contribution in [3.8, 4) is 0 Å². The Kier molecular flexibility index (Phi) is 4.78. The molecule has 1 unspecified atom stereocenters. The number of amides is 3. The molecule has 3 amide bonds. The Morgan fingerprint density at radius 2 is 1.79 bits per heavy atom. The second kappa shape index (κ2) is 6.98. The number of carbonyl (C=O) groups is 3. The smallest absolute Gasteiger partial charge is 0.245 e. The van der Waals surface area contributed by atoms with Crippen LogP contribution >= 0.6 is 0 Å². The Hall–Kier alpha value is -2.44. The summed E-state index contributed by atoms with van der Waals surface area (Å²) in [6, 6.07) is 5.82. The first-order valence-electron chi connectivity index (χ1n) is 8.14. The highest BCUT2D eigenvalue weighted by molar-refractivity contribution is 5.91. The van der Waals surface area contributed by atoms with Crippen molar-refractivity contribution in [1.29, 1.82) is 0 Å². The third-order valence-electron chi connectivity index (χ3n) is 4.54. The lowest BCUT2D eigenvalue weighted by Gasteiger charge is -2.36. The van der Waals surface area contributed by atoms with E-state index in [0.717, 1.165) is 0 Å². The topological polar surface area (TPSA) is 69.7 Å². The predicted molar refractivity (Wildman–Crippen MR) is 84.4 cm³/mol. The number of piperazine rings is 1. The summed E-state index contributed by atoms with van der Waals surface area (Å²) < 4.78 is 13.6. The van der Waals surface area contributed by atoms with Crippen LogP contribution in [0.5, 0.6) is 0 Å². The zero-order chi connectivity index (χ0) is 17.1. The van der Waals surface area contributed by atoms with Crippen LogP contribution in [-0.2, 0) is 20.8 Å². The molecule has 6 nitrogen and oxygen atoms in total. The lowest BCUT2D eigenvalue weighted by Crippen LogP contribution is -2.54.